The molecule has 0 aromatic heterocycles. The van der Waals surface area contributed by atoms with E-state index in [1.54, 1.807) is 0 Å². The zero-order valence-electron chi connectivity index (χ0n) is 12.4. The van der Waals surface area contributed by atoms with Crippen LogP contribution in [0.25, 0.3) is 0 Å². The number of aliphatic carboxylic acids is 1. The summed E-state index contributed by atoms with van der Waals surface area (Å²) in [5.74, 6) is -0.564. The van der Waals surface area contributed by atoms with Crippen molar-refractivity contribution in [3.63, 3.8) is 0 Å². The van der Waals surface area contributed by atoms with Gasteiger partial charge >= 0.3 is 5.97 Å². The van der Waals surface area contributed by atoms with Gasteiger partial charge in [0.1, 0.15) is 0 Å². The third-order valence-electron chi connectivity index (χ3n) is 3.35. The summed E-state index contributed by atoms with van der Waals surface area (Å²) < 4.78 is 0. The molecule has 112 valence electrons. The predicted molar refractivity (Wildman–Crippen MR) is 75.7 cm³/mol. The minimum atomic E-state index is -0.790. The summed E-state index contributed by atoms with van der Waals surface area (Å²) in [6.07, 6.45) is 2.97. The van der Waals surface area contributed by atoms with E-state index >= 15 is 0 Å². The largest absolute Gasteiger partial charge is 0.481 e. The Labute approximate surface area is 115 Å². The second-order valence-electron chi connectivity index (χ2n) is 6.04. The van der Waals surface area contributed by atoms with Crippen LogP contribution in [0.4, 0.5) is 0 Å². The highest BCUT2D eigenvalue weighted by molar-refractivity contribution is 5.75. The van der Waals surface area contributed by atoms with Crippen LogP contribution >= 0.6 is 0 Å². The minimum absolute atomic E-state index is 0.0345. The summed E-state index contributed by atoms with van der Waals surface area (Å²) in [7, 11) is 0. The fourth-order valence-electron chi connectivity index (χ4n) is 1.82. The Balaban J connectivity index is 3.78. The Bertz CT molecular complexity index is 290. The Kier molecular flexibility index (Phi) is 8.39. The fraction of sp³-hybridized carbons (Fsp3) is 0.857. The number of carboxylic acids is 1. The maximum absolute atomic E-state index is 11.7. The number of carbonyl (C=O) groups is 2. The molecule has 0 saturated heterocycles. The maximum atomic E-state index is 11.7. The summed E-state index contributed by atoms with van der Waals surface area (Å²) in [6, 6.07) is 0. The lowest BCUT2D eigenvalue weighted by Gasteiger charge is -2.23. The molecule has 0 rings (SSSR count). The number of hydrogen-bond acceptors (Lipinski definition) is 3. The smallest absolute Gasteiger partial charge is 0.303 e. The van der Waals surface area contributed by atoms with E-state index in [9.17, 15) is 9.59 Å². The second kappa shape index (κ2) is 8.91. The number of carboxylic acid groups (broad SMARTS) is 1. The van der Waals surface area contributed by atoms with Crippen LogP contribution in [-0.4, -0.2) is 30.1 Å². The van der Waals surface area contributed by atoms with Crippen LogP contribution in [0.1, 0.15) is 52.9 Å². The van der Waals surface area contributed by atoms with Gasteiger partial charge in [-0.3, -0.25) is 9.59 Å². The van der Waals surface area contributed by atoms with Crippen molar-refractivity contribution in [1.29, 1.82) is 0 Å². The van der Waals surface area contributed by atoms with E-state index in [-0.39, 0.29) is 23.7 Å². The third kappa shape index (κ3) is 10.5. The minimum Gasteiger partial charge on any atom is -0.481 e. The van der Waals surface area contributed by atoms with Crippen LogP contribution in [-0.2, 0) is 9.59 Å². The lowest BCUT2D eigenvalue weighted by atomic mass is 9.84. The fourth-order valence-corrected chi connectivity index (χ4v) is 1.82. The first-order valence-corrected chi connectivity index (χ1v) is 6.95. The highest BCUT2D eigenvalue weighted by atomic mass is 16.4. The molecule has 0 heterocycles. The normalized spacial score (nSPS) is 13.1. The van der Waals surface area contributed by atoms with E-state index in [0.717, 1.165) is 12.8 Å². The van der Waals surface area contributed by atoms with Crippen molar-refractivity contribution in [2.45, 2.75) is 52.9 Å². The molecule has 4 N–H and O–H groups in total. The van der Waals surface area contributed by atoms with Crippen LogP contribution in [0, 0.1) is 11.3 Å². The van der Waals surface area contributed by atoms with E-state index in [0.29, 0.717) is 25.9 Å². The number of amides is 1. The van der Waals surface area contributed by atoms with Gasteiger partial charge in [-0.2, -0.15) is 0 Å². The molecule has 0 aromatic rings. The summed E-state index contributed by atoms with van der Waals surface area (Å²) in [4.78, 5) is 22.1. The van der Waals surface area contributed by atoms with Gasteiger partial charge in [-0.25, -0.2) is 0 Å². The van der Waals surface area contributed by atoms with Gasteiger partial charge < -0.3 is 16.2 Å². The quantitative estimate of drug-likeness (QED) is 0.565. The molecular formula is C14H28N2O3. The van der Waals surface area contributed by atoms with Crippen LogP contribution in [0.5, 0.6) is 0 Å². The molecule has 0 aliphatic rings. The summed E-state index contributed by atoms with van der Waals surface area (Å²) in [6.45, 7) is 7.36. The molecule has 0 aliphatic carbocycles. The highest BCUT2D eigenvalue weighted by Crippen LogP contribution is 2.25. The topological polar surface area (TPSA) is 92.4 Å². The number of nitrogens with two attached hydrogens (primary N) is 1. The van der Waals surface area contributed by atoms with Crippen LogP contribution in [0.15, 0.2) is 0 Å². The molecule has 0 spiro atoms. The van der Waals surface area contributed by atoms with E-state index in [2.05, 4.69) is 19.2 Å². The number of hydrogen-bond donors (Lipinski definition) is 3. The zero-order chi connectivity index (χ0) is 14.9. The molecule has 1 unspecified atom stereocenters. The van der Waals surface area contributed by atoms with Crippen molar-refractivity contribution < 1.29 is 14.7 Å². The summed E-state index contributed by atoms with van der Waals surface area (Å²) in [5, 5.41) is 11.4. The van der Waals surface area contributed by atoms with Gasteiger partial charge in [-0.1, -0.05) is 20.8 Å². The maximum Gasteiger partial charge on any atom is 0.303 e. The first kappa shape index (κ1) is 17.9. The first-order valence-electron chi connectivity index (χ1n) is 6.95. The monoisotopic (exact) mass is 272 g/mol. The van der Waals surface area contributed by atoms with Gasteiger partial charge in [-0.15, -0.1) is 0 Å². The molecule has 0 aromatic carbocycles. The Hall–Kier alpha value is -1.10. The van der Waals surface area contributed by atoms with Gasteiger partial charge in [0.2, 0.25) is 5.91 Å². The van der Waals surface area contributed by atoms with E-state index in [4.69, 9.17) is 10.8 Å². The molecular weight excluding hydrogens is 244 g/mol. The molecule has 0 bridgehead atoms. The average Bonchev–Trinajstić information content (AvgIpc) is 2.31. The van der Waals surface area contributed by atoms with Crippen LogP contribution in [0.3, 0.4) is 0 Å². The second-order valence-corrected chi connectivity index (χ2v) is 6.04. The van der Waals surface area contributed by atoms with Crippen molar-refractivity contribution >= 4 is 11.9 Å². The molecule has 0 fully saturated rings. The van der Waals surface area contributed by atoms with Crippen molar-refractivity contribution in [2.75, 3.05) is 13.1 Å². The van der Waals surface area contributed by atoms with E-state index < -0.39 is 5.97 Å². The van der Waals surface area contributed by atoms with E-state index in [1.165, 1.54) is 0 Å². The molecule has 0 radical (unpaired) electrons. The molecule has 19 heavy (non-hydrogen) atoms. The third-order valence-corrected chi connectivity index (χ3v) is 3.35. The lowest BCUT2D eigenvalue weighted by Crippen LogP contribution is -2.29. The van der Waals surface area contributed by atoms with Gasteiger partial charge in [0.05, 0.1) is 0 Å². The van der Waals surface area contributed by atoms with Gasteiger partial charge in [-0.05, 0) is 37.1 Å². The first-order chi connectivity index (χ1) is 8.76. The molecule has 5 nitrogen and oxygen atoms in total. The SMILES string of the molecule is CC(CCC(=O)O)CNC(=O)CCC(C)(C)CCN. The van der Waals surface area contributed by atoms with Gasteiger partial charge in [0.15, 0.2) is 0 Å². The molecule has 5 heteroatoms. The Morgan fingerprint density at radius 2 is 1.89 bits per heavy atom. The van der Waals surface area contributed by atoms with Crippen molar-refractivity contribution in [3.05, 3.63) is 0 Å². The van der Waals surface area contributed by atoms with Crippen molar-refractivity contribution in [2.24, 2.45) is 17.1 Å². The summed E-state index contributed by atoms with van der Waals surface area (Å²) in [5.41, 5.74) is 5.63. The van der Waals surface area contributed by atoms with Crippen molar-refractivity contribution in [3.8, 4) is 0 Å². The number of nitrogens with one attached hydrogen (secondary N) is 1. The Morgan fingerprint density at radius 3 is 2.42 bits per heavy atom. The van der Waals surface area contributed by atoms with Gasteiger partial charge in [0, 0.05) is 19.4 Å². The van der Waals surface area contributed by atoms with Crippen LogP contribution < -0.4 is 11.1 Å². The number of rotatable bonds is 10. The zero-order valence-corrected chi connectivity index (χ0v) is 12.4. The summed E-state index contributed by atoms with van der Waals surface area (Å²) >= 11 is 0. The van der Waals surface area contributed by atoms with Crippen LogP contribution in [0.2, 0.25) is 0 Å². The average molecular weight is 272 g/mol. The van der Waals surface area contributed by atoms with Crippen molar-refractivity contribution in [1.82, 2.24) is 5.32 Å². The van der Waals surface area contributed by atoms with E-state index in [1.807, 2.05) is 6.92 Å². The number of carbonyl (C=O) groups excluding carboxylic acids is 1. The molecule has 0 saturated carbocycles. The standard InChI is InChI=1S/C14H28N2O3/c1-11(4-5-13(18)19)10-16-12(17)6-7-14(2,3)8-9-15/h11H,4-10,15H2,1-3H3,(H,16,17)(H,18,19). The van der Waals surface area contributed by atoms with Gasteiger partial charge in [0.25, 0.3) is 0 Å². The predicted octanol–water partition coefficient (Wildman–Crippen LogP) is 1.76. The Morgan fingerprint density at radius 1 is 1.26 bits per heavy atom. The molecule has 1 amide bonds. The lowest BCUT2D eigenvalue weighted by molar-refractivity contribution is -0.137. The molecule has 1 atom stereocenters. The molecule has 0 aliphatic heterocycles. The highest BCUT2D eigenvalue weighted by Gasteiger charge is 2.18.